The van der Waals surface area contributed by atoms with Crippen molar-refractivity contribution in [3.8, 4) is 5.75 Å². The van der Waals surface area contributed by atoms with E-state index in [1.165, 1.54) is 0 Å². The largest absolute Gasteiger partial charge is 0.497 e. The van der Waals surface area contributed by atoms with E-state index in [1.807, 2.05) is 48.5 Å². The van der Waals surface area contributed by atoms with Crippen LogP contribution in [0.2, 0.25) is 0 Å². The number of carbonyl (C=O) groups excluding carboxylic acids is 1. The van der Waals surface area contributed by atoms with Crippen molar-refractivity contribution in [2.24, 2.45) is 5.73 Å². The van der Waals surface area contributed by atoms with Gasteiger partial charge in [0.1, 0.15) is 5.75 Å². The number of hydrogen-bond acceptors (Lipinski definition) is 3. The fourth-order valence-corrected chi connectivity index (χ4v) is 2.34. The summed E-state index contributed by atoms with van der Waals surface area (Å²) in [5, 5.41) is 0. The first-order valence-electron chi connectivity index (χ1n) is 6.27. The second-order valence-corrected chi connectivity index (χ2v) is 5.34. The van der Waals surface area contributed by atoms with Gasteiger partial charge < -0.3 is 10.5 Å². The number of rotatable bonds is 5. The Kier molecular flexibility index (Phi) is 4.93. The second kappa shape index (κ2) is 6.68. The smallest absolute Gasteiger partial charge is 0.158 e. The summed E-state index contributed by atoms with van der Waals surface area (Å²) in [7, 11) is 1.60. The van der Waals surface area contributed by atoms with E-state index in [0.717, 1.165) is 21.3 Å². The number of halogens is 1. The number of hydrogen-bond donors (Lipinski definition) is 1. The lowest BCUT2D eigenvalue weighted by Gasteiger charge is -2.12. The summed E-state index contributed by atoms with van der Waals surface area (Å²) in [6.07, 6.45) is 0.272. The number of Topliss-reactive ketones (excluding diaryl/α,β-unsaturated/α-hetero) is 1. The first-order chi connectivity index (χ1) is 9.61. The van der Waals surface area contributed by atoms with Gasteiger partial charge in [-0.3, -0.25) is 4.79 Å². The lowest BCUT2D eigenvalue weighted by Crippen LogP contribution is -2.23. The molecule has 0 spiro atoms. The molecule has 0 aliphatic carbocycles. The number of carbonyl (C=O) groups is 1. The molecule has 0 heterocycles. The van der Waals surface area contributed by atoms with E-state index >= 15 is 0 Å². The molecule has 2 N–H and O–H groups in total. The van der Waals surface area contributed by atoms with Crippen molar-refractivity contribution in [1.29, 1.82) is 0 Å². The van der Waals surface area contributed by atoms with Crippen molar-refractivity contribution in [2.45, 2.75) is 12.5 Å². The van der Waals surface area contributed by atoms with Gasteiger partial charge >= 0.3 is 0 Å². The molecule has 0 aliphatic rings. The molecule has 1 atom stereocenters. The highest BCUT2D eigenvalue weighted by Gasteiger charge is 2.17. The number of ketones is 1. The Labute approximate surface area is 126 Å². The molecule has 2 aromatic rings. The average Bonchev–Trinajstić information content (AvgIpc) is 2.49. The highest BCUT2D eigenvalue weighted by molar-refractivity contribution is 9.10. The zero-order valence-corrected chi connectivity index (χ0v) is 12.8. The maximum absolute atomic E-state index is 12.3. The number of benzene rings is 2. The Balaban J connectivity index is 2.15. The topological polar surface area (TPSA) is 52.3 Å². The molecule has 0 amide bonds. The highest BCUT2D eigenvalue weighted by atomic mass is 79.9. The van der Waals surface area contributed by atoms with Crippen molar-refractivity contribution < 1.29 is 9.53 Å². The fourth-order valence-electron chi connectivity index (χ4n) is 1.96. The zero-order chi connectivity index (χ0) is 14.5. The Bertz CT molecular complexity index is 599. The van der Waals surface area contributed by atoms with E-state index in [0.29, 0.717) is 0 Å². The fraction of sp³-hybridized carbons (Fsp3) is 0.188. The minimum Gasteiger partial charge on any atom is -0.497 e. The van der Waals surface area contributed by atoms with Crippen molar-refractivity contribution in [3.63, 3.8) is 0 Å². The SMILES string of the molecule is COc1ccc(Br)c(CC(=O)[C@H](N)c2ccccc2)c1. The first kappa shape index (κ1) is 14.8. The molecule has 0 aromatic heterocycles. The van der Waals surface area contributed by atoms with Crippen molar-refractivity contribution in [3.05, 3.63) is 64.1 Å². The van der Waals surface area contributed by atoms with Gasteiger partial charge in [0.2, 0.25) is 0 Å². The van der Waals surface area contributed by atoms with Crippen LogP contribution < -0.4 is 10.5 Å². The van der Waals surface area contributed by atoms with E-state index in [2.05, 4.69) is 15.9 Å². The quantitative estimate of drug-likeness (QED) is 0.913. The third kappa shape index (κ3) is 3.46. The summed E-state index contributed by atoms with van der Waals surface area (Å²) in [6, 6.07) is 14.3. The predicted octanol–water partition coefficient (Wildman–Crippen LogP) is 3.27. The summed E-state index contributed by atoms with van der Waals surface area (Å²) >= 11 is 3.44. The molecule has 0 unspecified atom stereocenters. The molecular formula is C16H16BrNO2. The summed E-state index contributed by atoms with van der Waals surface area (Å²) in [5.41, 5.74) is 7.72. The van der Waals surface area contributed by atoms with Gasteiger partial charge in [0.05, 0.1) is 13.2 Å². The highest BCUT2D eigenvalue weighted by Crippen LogP contribution is 2.24. The van der Waals surface area contributed by atoms with E-state index < -0.39 is 6.04 Å². The molecule has 0 saturated carbocycles. The lowest BCUT2D eigenvalue weighted by atomic mass is 9.98. The Morgan fingerprint density at radius 1 is 1.25 bits per heavy atom. The molecule has 2 rings (SSSR count). The molecule has 0 aliphatic heterocycles. The van der Waals surface area contributed by atoms with Crippen molar-refractivity contribution in [2.75, 3.05) is 7.11 Å². The van der Waals surface area contributed by atoms with Crippen LogP contribution in [0.3, 0.4) is 0 Å². The molecule has 2 aromatic carbocycles. The van der Waals surface area contributed by atoms with E-state index in [-0.39, 0.29) is 12.2 Å². The van der Waals surface area contributed by atoms with Crippen LogP contribution in [0.5, 0.6) is 5.75 Å². The normalized spacial score (nSPS) is 11.9. The zero-order valence-electron chi connectivity index (χ0n) is 11.2. The number of methoxy groups -OCH3 is 1. The minimum absolute atomic E-state index is 0.0230. The standard InChI is InChI=1S/C16H16BrNO2/c1-20-13-7-8-14(17)12(9-13)10-15(19)16(18)11-5-3-2-4-6-11/h2-9,16H,10,18H2,1H3/t16-/m1/s1. The third-order valence-electron chi connectivity index (χ3n) is 3.12. The summed E-state index contributed by atoms with van der Waals surface area (Å²) < 4.78 is 6.05. The molecule has 0 saturated heterocycles. The Morgan fingerprint density at radius 3 is 2.60 bits per heavy atom. The molecule has 0 bridgehead atoms. The molecule has 4 heteroatoms. The van der Waals surface area contributed by atoms with Crippen molar-refractivity contribution in [1.82, 2.24) is 0 Å². The third-order valence-corrected chi connectivity index (χ3v) is 3.90. The van der Waals surface area contributed by atoms with Crippen LogP contribution in [-0.2, 0) is 11.2 Å². The monoisotopic (exact) mass is 333 g/mol. The van der Waals surface area contributed by atoms with Gasteiger partial charge in [-0.25, -0.2) is 0 Å². The summed E-state index contributed by atoms with van der Waals surface area (Å²) in [4.78, 5) is 12.3. The summed E-state index contributed by atoms with van der Waals surface area (Å²) in [5.74, 6) is 0.703. The van der Waals surface area contributed by atoms with Gasteiger partial charge in [-0.1, -0.05) is 46.3 Å². The molecular weight excluding hydrogens is 318 g/mol. The lowest BCUT2D eigenvalue weighted by molar-refractivity contribution is -0.119. The van der Waals surface area contributed by atoms with E-state index in [4.69, 9.17) is 10.5 Å². The maximum Gasteiger partial charge on any atom is 0.158 e. The Hall–Kier alpha value is -1.65. The average molecular weight is 334 g/mol. The van der Waals surface area contributed by atoms with Crippen LogP contribution in [0.15, 0.2) is 53.0 Å². The number of nitrogens with two attached hydrogens (primary N) is 1. The van der Waals surface area contributed by atoms with Crippen LogP contribution in [0.4, 0.5) is 0 Å². The van der Waals surface area contributed by atoms with Crippen LogP contribution in [0.1, 0.15) is 17.2 Å². The maximum atomic E-state index is 12.3. The van der Waals surface area contributed by atoms with Gasteiger partial charge in [-0.2, -0.15) is 0 Å². The van der Waals surface area contributed by atoms with Crippen LogP contribution in [0, 0.1) is 0 Å². The first-order valence-corrected chi connectivity index (χ1v) is 7.06. The number of ether oxygens (including phenoxy) is 1. The van der Waals surface area contributed by atoms with E-state index in [1.54, 1.807) is 7.11 Å². The van der Waals surface area contributed by atoms with Gasteiger partial charge in [0.25, 0.3) is 0 Å². The molecule has 0 fully saturated rings. The predicted molar refractivity (Wildman–Crippen MR) is 82.8 cm³/mol. The van der Waals surface area contributed by atoms with Gasteiger partial charge in [0.15, 0.2) is 5.78 Å². The van der Waals surface area contributed by atoms with Gasteiger partial charge in [0, 0.05) is 10.9 Å². The van der Waals surface area contributed by atoms with Crippen LogP contribution in [-0.4, -0.2) is 12.9 Å². The molecule has 0 radical (unpaired) electrons. The van der Waals surface area contributed by atoms with Crippen LogP contribution >= 0.6 is 15.9 Å². The van der Waals surface area contributed by atoms with Gasteiger partial charge in [-0.05, 0) is 29.3 Å². The second-order valence-electron chi connectivity index (χ2n) is 4.49. The molecule has 104 valence electrons. The minimum atomic E-state index is -0.602. The van der Waals surface area contributed by atoms with Gasteiger partial charge in [-0.15, -0.1) is 0 Å². The van der Waals surface area contributed by atoms with E-state index in [9.17, 15) is 4.79 Å². The molecule has 3 nitrogen and oxygen atoms in total. The Morgan fingerprint density at radius 2 is 1.95 bits per heavy atom. The van der Waals surface area contributed by atoms with Crippen molar-refractivity contribution >= 4 is 21.7 Å². The molecule has 20 heavy (non-hydrogen) atoms. The van der Waals surface area contributed by atoms with Crippen LogP contribution in [0.25, 0.3) is 0 Å². The summed E-state index contributed by atoms with van der Waals surface area (Å²) in [6.45, 7) is 0.